The van der Waals surface area contributed by atoms with Gasteiger partial charge in [-0.05, 0) is 130 Å². The highest BCUT2D eigenvalue weighted by Crippen LogP contribution is 2.37. The third-order valence-electron chi connectivity index (χ3n) is 9.54. The Hall–Kier alpha value is 1.14. The molecular weight excluding hydrogens is 817 g/mol. The van der Waals surface area contributed by atoms with E-state index in [1.807, 2.05) is 0 Å². The van der Waals surface area contributed by atoms with Crippen molar-refractivity contribution in [3.63, 3.8) is 0 Å². The van der Waals surface area contributed by atoms with Gasteiger partial charge in [0.25, 0.3) is 0 Å². The summed E-state index contributed by atoms with van der Waals surface area (Å²) in [5.41, 5.74) is 0. The Balaban J connectivity index is 0. The van der Waals surface area contributed by atoms with E-state index in [1.54, 1.807) is 0 Å². The maximum atomic E-state index is 6.38. The van der Waals surface area contributed by atoms with Crippen molar-refractivity contribution in [2.24, 2.45) is 0 Å². The normalized spacial score (nSPS) is 13.2. The van der Waals surface area contributed by atoms with E-state index in [2.05, 4.69) is 151 Å². The molecule has 0 aliphatic carbocycles. The predicted molar refractivity (Wildman–Crippen MR) is 247 cm³/mol. The zero-order valence-corrected chi connectivity index (χ0v) is 43.0. The standard InChI is InChI=1S/C27H63BrO3Si4.C12H21BrSi/c1-25(2)29-32(7,8)18-14-22-35(21-13-17-28,23-15-19-33(9,10)30-26(3)4)24-16-20-34(11,12)31-27(5)6;1-4-9-14(10-5-2,11-6-3)12-7-8-13/h25-27H,13-24H2,1-12H3;4-6H,1-3,7-12H2. The summed E-state index contributed by atoms with van der Waals surface area (Å²) in [7, 11) is -7.28. The molecule has 0 radical (unpaired) electrons. The maximum absolute atomic E-state index is 6.38. The average molecular weight is 901 g/mol. The van der Waals surface area contributed by atoms with E-state index in [1.165, 1.54) is 98.6 Å². The van der Waals surface area contributed by atoms with Crippen LogP contribution in [0.15, 0.2) is 38.0 Å². The monoisotopic (exact) mass is 898 g/mol. The van der Waals surface area contributed by atoms with E-state index in [9.17, 15) is 0 Å². The summed E-state index contributed by atoms with van der Waals surface area (Å²) < 4.78 is 19.2. The van der Waals surface area contributed by atoms with Crippen LogP contribution in [0.2, 0.25) is 106 Å². The van der Waals surface area contributed by atoms with Crippen molar-refractivity contribution in [1.29, 1.82) is 0 Å². The second kappa shape index (κ2) is 27.7. The van der Waals surface area contributed by atoms with Gasteiger partial charge >= 0.3 is 0 Å². The fourth-order valence-electron chi connectivity index (χ4n) is 7.87. The fourth-order valence-corrected chi connectivity index (χ4v) is 26.9. The third kappa shape index (κ3) is 28.3. The zero-order chi connectivity index (χ0) is 38.2. The number of allylic oxidation sites excluding steroid dienone is 3. The van der Waals surface area contributed by atoms with Gasteiger partial charge in [-0.25, -0.2) is 0 Å². The Morgan fingerprint density at radius 1 is 0.429 bits per heavy atom. The van der Waals surface area contributed by atoms with Gasteiger partial charge in [-0.15, -0.1) is 19.7 Å². The van der Waals surface area contributed by atoms with Crippen LogP contribution in [0.4, 0.5) is 0 Å². The molecule has 0 heterocycles. The summed E-state index contributed by atoms with van der Waals surface area (Å²) in [4.78, 5) is 0. The van der Waals surface area contributed by atoms with Crippen LogP contribution >= 0.6 is 31.9 Å². The summed E-state index contributed by atoms with van der Waals surface area (Å²) >= 11 is 7.27. The second-order valence-electron chi connectivity index (χ2n) is 17.4. The molecule has 49 heavy (non-hydrogen) atoms. The van der Waals surface area contributed by atoms with E-state index in [4.69, 9.17) is 13.3 Å². The molecule has 0 rings (SSSR count). The van der Waals surface area contributed by atoms with Crippen molar-refractivity contribution in [3.05, 3.63) is 38.0 Å². The Morgan fingerprint density at radius 2 is 0.673 bits per heavy atom. The molecule has 0 bridgehead atoms. The molecule has 292 valence electrons. The highest BCUT2D eigenvalue weighted by molar-refractivity contribution is 9.09. The van der Waals surface area contributed by atoms with Crippen LogP contribution in [0, 0.1) is 0 Å². The first-order chi connectivity index (χ1) is 22.7. The van der Waals surface area contributed by atoms with Gasteiger partial charge in [-0.2, -0.15) is 0 Å². The topological polar surface area (TPSA) is 27.7 Å². The molecule has 0 amide bonds. The summed E-state index contributed by atoms with van der Waals surface area (Å²) in [5, 5.41) is 2.25. The molecular formula is C39H84Br2O3Si5. The average Bonchev–Trinajstić information content (AvgIpc) is 2.93. The SMILES string of the molecule is C=CC[Si](CC=C)(CC=C)CCCBr.CC(C)O[Si](C)(C)CCC[Si](CCCBr)(CCC[Si](C)(C)OC(C)C)CCC[Si](C)(C)OC(C)C. The van der Waals surface area contributed by atoms with Gasteiger partial charge in [0, 0.05) is 29.0 Å². The molecule has 3 nitrogen and oxygen atoms in total. The van der Waals surface area contributed by atoms with Gasteiger partial charge in [-0.3, -0.25) is 0 Å². The lowest BCUT2D eigenvalue weighted by Gasteiger charge is -2.36. The van der Waals surface area contributed by atoms with Gasteiger partial charge in [0.05, 0.1) is 16.1 Å². The van der Waals surface area contributed by atoms with Gasteiger partial charge in [-0.1, -0.05) is 99.6 Å². The lowest BCUT2D eigenvalue weighted by molar-refractivity contribution is 0.230. The molecule has 0 aliphatic heterocycles. The molecule has 0 saturated heterocycles. The van der Waals surface area contributed by atoms with Crippen molar-refractivity contribution in [3.8, 4) is 0 Å². The van der Waals surface area contributed by atoms with Gasteiger partial charge in [0.15, 0.2) is 25.0 Å². The van der Waals surface area contributed by atoms with E-state index in [0.29, 0.717) is 18.3 Å². The molecule has 0 aliphatic rings. The van der Waals surface area contributed by atoms with Gasteiger partial charge < -0.3 is 13.3 Å². The van der Waals surface area contributed by atoms with Crippen LogP contribution in [0.3, 0.4) is 0 Å². The first kappa shape index (κ1) is 52.2. The van der Waals surface area contributed by atoms with Crippen molar-refractivity contribution in [2.75, 3.05) is 10.7 Å². The lowest BCUT2D eigenvalue weighted by Crippen LogP contribution is -2.39. The molecule has 10 heteroatoms. The summed E-state index contributed by atoms with van der Waals surface area (Å²) in [6.45, 7) is 39.3. The van der Waals surface area contributed by atoms with Crippen molar-refractivity contribution < 1.29 is 13.3 Å². The van der Waals surface area contributed by atoms with Gasteiger partial charge in [0.1, 0.15) is 0 Å². The molecule has 0 fully saturated rings. The fraction of sp³-hybridized carbons (Fsp3) is 0.846. The number of alkyl halides is 2. The minimum atomic E-state index is -1.57. The molecule has 0 aromatic carbocycles. The quantitative estimate of drug-likeness (QED) is 0.0408. The largest absolute Gasteiger partial charge is 0.415 e. The summed E-state index contributed by atoms with van der Waals surface area (Å²) in [6, 6.07) is 14.8. The minimum Gasteiger partial charge on any atom is -0.415 e. The second-order valence-corrected chi connectivity index (χ2v) is 41.5. The first-order valence-corrected chi connectivity index (χ1v) is 36.9. The molecule has 0 aromatic rings. The number of hydrogen-bond acceptors (Lipinski definition) is 3. The van der Waals surface area contributed by atoms with E-state index in [0.717, 1.165) is 10.7 Å². The Bertz CT molecular complexity index is 770. The minimum absolute atomic E-state index is 0.355. The van der Waals surface area contributed by atoms with E-state index in [-0.39, 0.29) is 0 Å². The highest BCUT2D eigenvalue weighted by atomic mass is 79.9. The third-order valence-corrected chi connectivity index (χ3v) is 29.2. The highest BCUT2D eigenvalue weighted by Gasteiger charge is 2.35. The number of halogens is 2. The number of rotatable bonds is 30. The zero-order valence-electron chi connectivity index (χ0n) is 34.8. The summed E-state index contributed by atoms with van der Waals surface area (Å²) in [5.74, 6) is 0. The van der Waals surface area contributed by atoms with Crippen LogP contribution < -0.4 is 0 Å². The van der Waals surface area contributed by atoms with Crippen molar-refractivity contribution in [1.82, 2.24) is 0 Å². The smallest absolute Gasteiger partial charge is 0.187 e. The first-order valence-electron chi connectivity index (χ1n) is 19.7. The molecule has 0 atom stereocenters. The van der Waals surface area contributed by atoms with E-state index >= 15 is 0 Å². The molecule has 0 saturated carbocycles. The van der Waals surface area contributed by atoms with Crippen molar-refractivity contribution >= 4 is 73.0 Å². The molecule has 0 spiro atoms. The summed E-state index contributed by atoms with van der Waals surface area (Å²) in [6.07, 6.45) is 14.0. The molecule has 0 aromatic heterocycles. The predicted octanol–water partition coefficient (Wildman–Crippen LogP) is 15.1. The molecule has 0 N–H and O–H groups in total. The Labute approximate surface area is 330 Å². The lowest BCUT2D eigenvalue weighted by atomic mass is 10.5. The van der Waals surface area contributed by atoms with Crippen LogP contribution in [0.1, 0.15) is 73.6 Å². The Kier molecular flexibility index (Phi) is 29.5. The van der Waals surface area contributed by atoms with Crippen molar-refractivity contribution in [2.45, 2.75) is 198 Å². The van der Waals surface area contributed by atoms with Crippen LogP contribution in [-0.2, 0) is 13.3 Å². The van der Waals surface area contributed by atoms with Crippen LogP contribution in [0.25, 0.3) is 0 Å². The van der Waals surface area contributed by atoms with Crippen LogP contribution in [0.5, 0.6) is 0 Å². The Morgan fingerprint density at radius 3 is 0.898 bits per heavy atom. The molecule has 0 unspecified atom stereocenters. The van der Waals surface area contributed by atoms with Gasteiger partial charge in [0.2, 0.25) is 0 Å². The maximum Gasteiger partial charge on any atom is 0.187 e. The number of hydrogen-bond donors (Lipinski definition) is 0. The van der Waals surface area contributed by atoms with E-state index < -0.39 is 41.1 Å². The van der Waals surface area contributed by atoms with Crippen LogP contribution in [-0.4, -0.2) is 70.1 Å².